The van der Waals surface area contributed by atoms with E-state index in [1.807, 2.05) is 0 Å². The first kappa shape index (κ1) is 69.9. The summed E-state index contributed by atoms with van der Waals surface area (Å²) in [6, 6.07) is 0. The van der Waals surface area contributed by atoms with Crippen molar-refractivity contribution in [3.63, 3.8) is 0 Å². The number of aliphatic hydroxyl groups is 17. The Morgan fingerprint density at radius 2 is 0.921 bits per heavy atom. The summed E-state index contributed by atoms with van der Waals surface area (Å²) in [5.74, 6) is -1.04. The van der Waals surface area contributed by atoms with Gasteiger partial charge in [0.25, 0.3) is 0 Å². The van der Waals surface area contributed by atoms with Crippen LogP contribution in [0.5, 0.6) is 0 Å². The van der Waals surface area contributed by atoms with E-state index >= 15 is 0 Å². The van der Waals surface area contributed by atoms with Gasteiger partial charge in [-0.25, -0.2) is 0 Å². The highest BCUT2D eigenvalue weighted by Gasteiger charge is 2.71. The van der Waals surface area contributed by atoms with E-state index in [2.05, 4.69) is 47.6 Å². The molecule has 4 saturated carbocycles. The molecule has 0 bridgehead atoms. The number of carboxylic acid groups (broad SMARTS) is 1. The molecule has 5 aliphatic carbocycles. The zero-order chi connectivity index (χ0) is 65.0. The van der Waals surface area contributed by atoms with Crippen LogP contribution in [0.2, 0.25) is 0 Å². The molecule has 10 aliphatic rings. The minimum absolute atomic E-state index is 0.0353. The van der Waals surface area contributed by atoms with Crippen molar-refractivity contribution in [2.45, 2.75) is 265 Å². The Morgan fingerprint density at radius 1 is 0.461 bits per heavy atom. The highest BCUT2D eigenvalue weighted by Crippen LogP contribution is 2.76. The molecular formula is C60H98O29. The zero-order valence-corrected chi connectivity index (χ0v) is 51.2. The molecule has 89 heavy (non-hydrogen) atoms. The predicted octanol–water partition coefficient (Wildman–Crippen LogP) is -4.67. The molecule has 29 nitrogen and oxygen atoms in total. The molecule has 10 rings (SSSR count). The number of fused-ring (bicyclic) bond motifs is 7. The number of carbonyl (C=O) groups is 1. The number of aliphatic carboxylic acids is 1. The van der Waals surface area contributed by atoms with Gasteiger partial charge in [-0.1, -0.05) is 53.2 Å². The Kier molecular flexibility index (Phi) is 20.6. The lowest BCUT2D eigenvalue weighted by Gasteiger charge is -2.71. The molecule has 2 unspecified atom stereocenters. The fourth-order valence-electron chi connectivity index (χ4n) is 18.2. The average molecular weight is 1280 g/mol. The number of hydrogen-bond donors (Lipinski definition) is 18. The van der Waals surface area contributed by atoms with Crippen LogP contribution in [0.25, 0.3) is 0 Å². The summed E-state index contributed by atoms with van der Waals surface area (Å²) < 4.78 is 60.8. The molecule has 0 aromatic heterocycles. The van der Waals surface area contributed by atoms with Crippen molar-refractivity contribution >= 4 is 5.97 Å². The van der Waals surface area contributed by atoms with Crippen molar-refractivity contribution in [1.29, 1.82) is 0 Å². The maximum Gasteiger partial charge on any atom is 0.310 e. The van der Waals surface area contributed by atoms with Gasteiger partial charge >= 0.3 is 5.97 Å². The van der Waals surface area contributed by atoms with Crippen LogP contribution in [0.3, 0.4) is 0 Å². The molecule has 9 fully saturated rings. The molecule has 29 heteroatoms. The summed E-state index contributed by atoms with van der Waals surface area (Å²) in [6.07, 6.45) is -39.7. The number of ether oxygens (including phenoxy) is 10. The third kappa shape index (κ3) is 11.7. The minimum Gasteiger partial charge on any atom is -0.481 e. The fraction of sp³-hybridized carbons (Fsp3) is 0.950. The Morgan fingerprint density at radius 3 is 1.46 bits per heavy atom. The molecule has 0 spiro atoms. The van der Waals surface area contributed by atoms with E-state index < -0.39 is 220 Å². The van der Waals surface area contributed by atoms with Crippen molar-refractivity contribution in [2.75, 3.05) is 39.6 Å². The largest absolute Gasteiger partial charge is 0.481 e. The van der Waals surface area contributed by atoms with Gasteiger partial charge in [0, 0.05) is 5.41 Å². The number of hydrogen-bond acceptors (Lipinski definition) is 28. The highest BCUT2D eigenvalue weighted by molar-refractivity contribution is 5.76. The fourth-order valence-corrected chi connectivity index (χ4v) is 18.2. The first-order valence-corrected chi connectivity index (χ1v) is 31.5. The van der Waals surface area contributed by atoms with Crippen LogP contribution >= 0.6 is 0 Å². The van der Waals surface area contributed by atoms with Gasteiger partial charge in [-0.15, -0.1) is 0 Å². The first-order chi connectivity index (χ1) is 41.9. The molecule has 0 aromatic rings. The first-order valence-electron chi connectivity index (χ1n) is 31.5. The predicted molar refractivity (Wildman–Crippen MR) is 297 cm³/mol. The van der Waals surface area contributed by atoms with E-state index in [9.17, 15) is 96.7 Å². The number of aliphatic hydroxyl groups excluding tert-OH is 17. The number of carboxylic acids is 1. The van der Waals surface area contributed by atoms with E-state index in [1.54, 1.807) is 0 Å². The standard InChI is InChI=1S/C60H98O29/c1-55(2)13-14-59(54(78)79)15-16-60(23-66)24(25(59)17-55)7-8-32-57(5)11-10-33(56(3,4)31(57)9-12-58(32,60)6)85-52-48(43(76)45(30(22-65)84-52)86-49-41(74)38(71)34(67)26(18-61)80-49)89-51-44(77)46(37(70)29(21-64)82-51)87-53-47(40(73)36(69)28(20-63)83-53)88-50-42(75)39(72)35(68)27(19-62)81-50/h7,25-53,61-77H,8-23H2,1-6H3,(H,78,79)/t25-,26+,27+,28+,29+,30+,31?,32?,33-,34+,35+,36+,37+,38-,39-,40-,41+,42+,43-,44+,45+,46-,47+,48+,49-,50-,51-,52-,53-,57-,58+,59-,60-/m0/s1. The van der Waals surface area contributed by atoms with Crippen LogP contribution < -0.4 is 0 Å². The van der Waals surface area contributed by atoms with E-state index in [-0.39, 0.29) is 35.2 Å². The third-order valence-corrected chi connectivity index (χ3v) is 23.6. The smallest absolute Gasteiger partial charge is 0.310 e. The molecule has 18 N–H and O–H groups in total. The lowest BCUT2D eigenvalue weighted by Crippen LogP contribution is -2.69. The minimum atomic E-state index is -2.22. The van der Waals surface area contributed by atoms with Crippen LogP contribution in [0.15, 0.2) is 11.6 Å². The van der Waals surface area contributed by atoms with Gasteiger partial charge in [0.2, 0.25) is 0 Å². The molecular weight excluding hydrogens is 1180 g/mol. The average Bonchev–Trinajstić information content (AvgIpc) is 0.676. The van der Waals surface area contributed by atoms with Crippen molar-refractivity contribution < 1.29 is 144 Å². The summed E-state index contributed by atoms with van der Waals surface area (Å²) in [5, 5.41) is 198. The summed E-state index contributed by atoms with van der Waals surface area (Å²) in [4.78, 5) is 13.3. The second-order valence-electron chi connectivity index (χ2n) is 29.0. The monoisotopic (exact) mass is 1280 g/mol. The van der Waals surface area contributed by atoms with Crippen molar-refractivity contribution in [2.24, 2.45) is 50.2 Å². The number of rotatable bonds is 17. The molecule has 5 saturated heterocycles. The lowest BCUT2D eigenvalue weighted by atomic mass is 9.33. The van der Waals surface area contributed by atoms with Gasteiger partial charge in [-0.05, 0) is 104 Å². The maximum atomic E-state index is 13.3. The second-order valence-corrected chi connectivity index (χ2v) is 29.0. The van der Waals surface area contributed by atoms with E-state index in [0.717, 1.165) is 12.0 Å². The lowest BCUT2D eigenvalue weighted by molar-refractivity contribution is -0.408. The Bertz CT molecular complexity index is 2450. The van der Waals surface area contributed by atoms with Gasteiger partial charge in [0.05, 0.1) is 51.2 Å². The van der Waals surface area contributed by atoms with Gasteiger partial charge in [0.1, 0.15) is 122 Å². The van der Waals surface area contributed by atoms with Gasteiger partial charge in [-0.3, -0.25) is 4.79 Å². The van der Waals surface area contributed by atoms with E-state index in [0.29, 0.717) is 57.8 Å². The van der Waals surface area contributed by atoms with Gasteiger partial charge in [-0.2, -0.15) is 0 Å². The third-order valence-electron chi connectivity index (χ3n) is 23.6. The molecule has 512 valence electrons. The van der Waals surface area contributed by atoms with Crippen LogP contribution in [0.1, 0.15) is 106 Å². The quantitative estimate of drug-likeness (QED) is 0.0481. The van der Waals surface area contributed by atoms with Crippen molar-refractivity contribution in [3.8, 4) is 0 Å². The van der Waals surface area contributed by atoms with E-state index in [4.69, 9.17) is 47.4 Å². The summed E-state index contributed by atoms with van der Waals surface area (Å²) >= 11 is 0. The molecule has 33 atom stereocenters. The molecule has 0 amide bonds. The molecule has 0 radical (unpaired) electrons. The Labute approximate surface area is 515 Å². The maximum absolute atomic E-state index is 13.3. The normalized spacial score (nSPS) is 53.1. The van der Waals surface area contributed by atoms with Crippen LogP contribution in [-0.2, 0) is 52.2 Å². The summed E-state index contributed by atoms with van der Waals surface area (Å²) in [7, 11) is 0. The summed E-state index contributed by atoms with van der Waals surface area (Å²) in [6.45, 7) is 8.37. The van der Waals surface area contributed by atoms with Gasteiger partial charge in [0.15, 0.2) is 31.5 Å². The highest BCUT2D eigenvalue weighted by atomic mass is 16.8. The van der Waals surface area contributed by atoms with Crippen LogP contribution in [-0.4, -0.2) is 297 Å². The molecule has 5 heterocycles. The van der Waals surface area contributed by atoms with Gasteiger partial charge < -0.3 is 139 Å². The van der Waals surface area contributed by atoms with E-state index in [1.165, 1.54) is 0 Å². The van der Waals surface area contributed by atoms with Crippen LogP contribution in [0, 0.1) is 50.2 Å². The molecule has 5 aliphatic heterocycles. The Balaban J connectivity index is 0.947. The topological polar surface area (TPSA) is 474 Å². The second kappa shape index (κ2) is 26.3. The summed E-state index contributed by atoms with van der Waals surface area (Å²) in [5.41, 5.74) is -2.13. The zero-order valence-electron chi connectivity index (χ0n) is 51.2. The van der Waals surface area contributed by atoms with Crippen molar-refractivity contribution in [1.82, 2.24) is 0 Å². The SMILES string of the molecule is CC1(C)CC[C@]2(C(=O)O)CC[C@]3(CO)C(=CCC4[C@@]5(C)CC[C@H](O[C@@H]6O[C@H](CO)[C@@H](O[C@@H]7O[C@H](CO)[C@@H](O)[C@H](O)[C@H]7O)[C@H](O)[C@H]6O[C@@H]6O[C@H](CO)[C@@H](O)[C@H](O[C@@H]7O[C@H](CO)[C@@H](O)[C@H](O)[C@H]7O[C@@H]7O[C@H](CO)[C@@H](O)[C@H](O)[C@H]7O)[C@H]6O)C(C)(C)C5CC[C@]43C)[C@@H]2C1. The molecule has 0 aromatic carbocycles. The Hall–Kier alpha value is -1.87. The number of allylic oxidation sites excluding steroid dienone is 1. The van der Waals surface area contributed by atoms with Crippen molar-refractivity contribution in [3.05, 3.63) is 11.6 Å². The van der Waals surface area contributed by atoms with Crippen LogP contribution in [0.4, 0.5) is 0 Å².